The van der Waals surface area contributed by atoms with Crippen LogP contribution < -0.4 is 5.43 Å². The molecule has 0 aliphatic carbocycles. The van der Waals surface area contributed by atoms with Crippen molar-refractivity contribution in [3.05, 3.63) is 0 Å². The molecule has 9 heavy (non-hydrogen) atoms. The Morgan fingerprint density at radius 3 is 3.11 bits per heavy atom. The highest BCUT2D eigenvalue weighted by atomic mass is 28.2. The van der Waals surface area contributed by atoms with Crippen LogP contribution in [0, 0.1) is 0 Å². The molecule has 0 aromatic rings. The van der Waals surface area contributed by atoms with E-state index in [0.717, 1.165) is 12.6 Å². The molecule has 1 N–H and O–H groups in total. The normalized spacial score (nSPS) is 20.8. The maximum absolute atomic E-state index is 10.7. The van der Waals surface area contributed by atoms with Gasteiger partial charge in [-0.3, -0.25) is 4.67 Å². The molecule has 0 aromatic carbocycles. The molecule has 0 bridgehead atoms. The average molecular weight is 146 g/mol. The van der Waals surface area contributed by atoms with Crippen LogP contribution in [0.3, 0.4) is 0 Å². The summed E-state index contributed by atoms with van der Waals surface area (Å²) in [5.41, 5.74) is 2.93. The van der Waals surface area contributed by atoms with E-state index in [1.807, 2.05) is 0 Å². The van der Waals surface area contributed by atoms with Crippen molar-refractivity contribution in [2.75, 3.05) is 13.7 Å². The van der Waals surface area contributed by atoms with E-state index < -0.39 is 0 Å². The van der Waals surface area contributed by atoms with Gasteiger partial charge in [0.1, 0.15) is 0 Å². The van der Waals surface area contributed by atoms with Gasteiger partial charge in [-0.25, -0.2) is 10.2 Å². The number of carbonyl (C=O) groups is 1. The Labute approximate surface area is 56.0 Å². The summed E-state index contributed by atoms with van der Waals surface area (Å²) in [6.07, 6.45) is -0.237. The summed E-state index contributed by atoms with van der Waals surface area (Å²) in [6, 6.07) is 1.15. The van der Waals surface area contributed by atoms with Crippen LogP contribution in [0.25, 0.3) is 0 Å². The molecule has 0 aromatic heterocycles. The van der Waals surface area contributed by atoms with Crippen molar-refractivity contribution in [2.45, 2.75) is 6.04 Å². The van der Waals surface area contributed by atoms with Crippen LogP contribution in [0.1, 0.15) is 0 Å². The smallest absolute Gasteiger partial charge is 0.415 e. The maximum Gasteiger partial charge on any atom is 0.415 e. The molecular formula is C4H10N2O2Si. The molecule has 4 nitrogen and oxygen atoms in total. The highest BCUT2D eigenvalue weighted by Crippen LogP contribution is 1.95. The van der Waals surface area contributed by atoms with Crippen LogP contribution in [0.2, 0.25) is 6.04 Å². The van der Waals surface area contributed by atoms with E-state index in [2.05, 4.69) is 10.2 Å². The molecule has 0 spiro atoms. The number of hydrogen-bond acceptors (Lipinski definition) is 3. The van der Waals surface area contributed by atoms with Gasteiger partial charge in [-0.1, -0.05) is 0 Å². The van der Waals surface area contributed by atoms with Gasteiger partial charge in [-0.15, -0.1) is 0 Å². The van der Waals surface area contributed by atoms with E-state index in [0.29, 0.717) is 0 Å². The SMILES string of the molecule is COC(=O)N1NCC[SiH2]1. The molecule has 52 valence electrons. The minimum absolute atomic E-state index is 0.237. The fraction of sp³-hybridized carbons (Fsp3) is 0.750. The lowest BCUT2D eigenvalue weighted by atomic mass is 10.8. The fourth-order valence-corrected chi connectivity index (χ4v) is 2.06. The van der Waals surface area contributed by atoms with Crippen LogP contribution in [0.4, 0.5) is 4.79 Å². The average Bonchev–Trinajstić information content (AvgIpc) is 2.37. The molecule has 1 fully saturated rings. The molecule has 5 heteroatoms. The summed E-state index contributed by atoms with van der Waals surface area (Å²) in [6.45, 7) is 0.932. The number of hydrogen-bond donors (Lipinski definition) is 1. The van der Waals surface area contributed by atoms with Gasteiger partial charge >= 0.3 is 6.09 Å². The van der Waals surface area contributed by atoms with Gasteiger partial charge in [0.05, 0.1) is 7.11 Å². The zero-order valence-corrected chi connectivity index (χ0v) is 6.80. The highest BCUT2D eigenvalue weighted by Gasteiger charge is 2.17. The molecule has 1 aliphatic heterocycles. The van der Waals surface area contributed by atoms with Crippen LogP contribution in [-0.4, -0.2) is 34.1 Å². The molecule has 1 saturated heterocycles. The van der Waals surface area contributed by atoms with Gasteiger partial charge in [0.15, 0.2) is 9.68 Å². The number of carbonyl (C=O) groups excluding carboxylic acids is 1. The molecular weight excluding hydrogens is 136 g/mol. The molecule has 1 amide bonds. The first-order valence-corrected chi connectivity index (χ1v) is 4.57. The first-order valence-electron chi connectivity index (χ1n) is 2.93. The first kappa shape index (κ1) is 6.57. The third-order valence-corrected chi connectivity index (χ3v) is 2.85. The van der Waals surface area contributed by atoms with Gasteiger partial charge in [0, 0.05) is 6.54 Å². The number of amides is 1. The van der Waals surface area contributed by atoms with Gasteiger partial charge in [-0.05, 0) is 6.04 Å². The zero-order valence-electron chi connectivity index (χ0n) is 5.39. The van der Waals surface area contributed by atoms with Crippen molar-refractivity contribution in [2.24, 2.45) is 0 Å². The van der Waals surface area contributed by atoms with Crippen LogP contribution in [0.15, 0.2) is 0 Å². The predicted molar refractivity (Wildman–Crippen MR) is 35.6 cm³/mol. The van der Waals surface area contributed by atoms with E-state index in [-0.39, 0.29) is 15.8 Å². The second-order valence-electron chi connectivity index (χ2n) is 1.88. The van der Waals surface area contributed by atoms with E-state index in [1.165, 1.54) is 7.11 Å². The van der Waals surface area contributed by atoms with Gasteiger partial charge in [0.25, 0.3) is 0 Å². The van der Waals surface area contributed by atoms with Crippen LogP contribution in [0.5, 0.6) is 0 Å². The van der Waals surface area contributed by atoms with Gasteiger partial charge in [-0.2, -0.15) is 0 Å². The van der Waals surface area contributed by atoms with E-state index in [4.69, 9.17) is 0 Å². The predicted octanol–water partition coefficient (Wildman–Crippen LogP) is -0.925. The number of methoxy groups -OCH3 is 1. The van der Waals surface area contributed by atoms with E-state index in [1.54, 1.807) is 4.67 Å². The molecule has 0 saturated carbocycles. The second-order valence-corrected chi connectivity index (χ2v) is 3.67. The zero-order chi connectivity index (χ0) is 6.69. The quantitative estimate of drug-likeness (QED) is 0.449. The standard InChI is InChI=1S/C4H10N2O2Si/c1-8-4(7)6-5-2-3-9-6/h5H,2-3,9H2,1H3. The number of hydrazine groups is 1. The Morgan fingerprint density at radius 1 is 1.89 bits per heavy atom. The number of ether oxygens (including phenoxy) is 1. The summed E-state index contributed by atoms with van der Waals surface area (Å²) in [5.74, 6) is 0. The lowest BCUT2D eigenvalue weighted by molar-refractivity contribution is 0.140. The monoisotopic (exact) mass is 146 g/mol. The molecule has 1 heterocycles. The van der Waals surface area contributed by atoms with Crippen molar-refractivity contribution >= 4 is 15.8 Å². The second kappa shape index (κ2) is 2.84. The molecule has 0 unspecified atom stereocenters. The lowest BCUT2D eigenvalue weighted by Gasteiger charge is -2.12. The summed E-state index contributed by atoms with van der Waals surface area (Å²) in [7, 11) is 1.05. The molecule has 1 rings (SSSR count). The first-order chi connectivity index (χ1) is 4.34. The van der Waals surface area contributed by atoms with Crippen molar-refractivity contribution in [1.82, 2.24) is 10.1 Å². The van der Waals surface area contributed by atoms with Crippen LogP contribution >= 0.6 is 0 Å². The van der Waals surface area contributed by atoms with Crippen LogP contribution in [-0.2, 0) is 4.74 Å². The minimum atomic E-state index is -0.354. The van der Waals surface area contributed by atoms with Crippen molar-refractivity contribution in [3.63, 3.8) is 0 Å². The maximum atomic E-state index is 10.7. The number of nitrogens with one attached hydrogen (secondary N) is 1. The molecule has 0 radical (unpaired) electrons. The number of rotatable bonds is 0. The fourth-order valence-electron chi connectivity index (χ4n) is 0.796. The Kier molecular flexibility index (Phi) is 2.07. The van der Waals surface area contributed by atoms with Crippen molar-refractivity contribution < 1.29 is 9.53 Å². The van der Waals surface area contributed by atoms with Crippen molar-refractivity contribution in [3.8, 4) is 0 Å². The number of nitrogens with zero attached hydrogens (tertiary/aromatic N) is 1. The summed E-state index contributed by atoms with van der Waals surface area (Å²) in [4.78, 5) is 10.7. The van der Waals surface area contributed by atoms with E-state index >= 15 is 0 Å². The van der Waals surface area contributed by atoms with Crippen molar-refractivity contribution in [1.29, 1.82) is 0 Å². The third kappa shape index (κ3) is 1.43. The summed E-state index contributed by atoms with van der Waals surface area (Å²) < 4.78 is 6.10. The Balaban J connectivity index is 2.32. The summed E-state index contributed by atoms with van der Waals surface area (Å²) >= 11 is 0. The lowest BCUT2D eigenvalue weighted by Crippen LogP contribution is -2.38. The Bertz CT molecular complexity index is 113. The largest absolute Gasteiger partial charge is 0.452 e. The summed E-state index contributed by atoms with van der Waals surface area (Å²) in [5, 5.41) is 0. The third-order valence-electron chi connectivity index (χ3n) is 1.26. The molecule has 0 atom stereocenters. The Hall–Kier alpha value is -0.553. The highest BCUT2D eigenvalue weighted by molar-refractivity contribution is 6.36. The topological polar surface area (TPSA) is 41.6 Å². The van der Waals surface area contributed by atoms with E-state index in [9.17, 15) is 4.79 Å². The van der Waals surface area contributed by atoms with Gasteiger partial charge < -0.3 is 4.74 Å². The van der Waals surface area contributed by atoms with Gasteiger partial charge in [0.2, 0.25) is 0 Å². The Morgan fingerprint density at radius 2 is 2.67 bits per heavy atom. The molecule has 1 aliphatic rings. The minimum Gasteiger partial charge on any atom is -0.452 e.